The Kier molecular flexibility index (Phi) is 3.84. The number of carbonyl (C=O) groups is 1. The highest BCUT2D eigenvalue weighted by molar-refractivity contribution is 5.74. The minimum absolute atomic E-state index is 0.108. The Balaban J connectivity index is 2.47. The van der Waals surface area contributed by atoms with Crippen molar-refractivity contribution < 1.29 is 9.53 Å². The predicted octanol–water partition coefficient (Wildman–Crippen LogP) is 0.624. The summed E-state index contributed by atoms with van der Waals surface area (Å²) in [5, 5.41) is 10.6. The summed E-state index contributed by atoms with van der Waals surface area (Å²) in [5.41, 5.74) is 0.925. The lowest BCUT2D eigenvalue weighted by atomic mass is 10.3. The van der Waals surface area contributed by atoms with E-state index in [4.69, 9.17) is 0 Å². The molecule has 0 saturated heterocycles. The summed E-state index contributed by atoms with van der Waals surface area (Å²) >= 11 is 0. The summed E-state index contributed by atoms with van der Waals surface area (Å²) in [6, 6.07) is 3.65. The Labute approximate surface area is 82.5 Å². The van der Waals surface area contributed by atoms with Gasteiger partial charge in [-0.2, -0.15) is 5.10 Å². The molecule has 0 bridgehead atoms. The van der Waals surface area contributed by atoms with E-state index in [1.165, 1.54) is 7.11 Å². The maximum Gasteiger partial charge on any atom is 0.325 e. The molecule has 76 valence electrons. The van der Waals surface area contributed by atoms with Gasteiger partial charge in [-0.3, -0.25) is 4.79 Å². The standard InChI is InChI=1S/C9H13N3O2/c1-3-7-4-5-8(12-11-7)10-6-9(13)14-2/h4-5H,3,6H2,1-2H3,(H,10,12). The first-order valence-corrected chi connectivity index (χ1v) is 4.39. The van der Waals surface area contributed by atoms with Gasteiger partial charge in [0, 0.05) is 0 Å². The van der Waals surface area contributed by atoms with E-state index in [1.807, 2.05) is 13.0 Å². The molecule has 0 unspecified atom stereocenters. The molecule has 1 rings (SSSR count). The van der Waals surface area contributed by atoms with Crippen LogP contribution in [0.4, 0.5) is 5.82 Å². The molecule has 0 aliphatic rings. The van der Waals surface area contributed by atoms with Crippen molar-refractivity contribution in [2.45, 2.75) is 13.3 Å². The fraction of sp³-hybridized carbons (Fsp3) is 0.444. The van der Waals surface area contributed by atoms with E-state index in [0.717, 1.165) is 12.1 Å². The monoisotopic (exact) mass is 195 g/mol. The first kappa shape index (κ1) is 10.4. The molecule has 0 aromatic carbocycles. The molecule has 1 heterocycles. The summed E-state index contributed by atoms with van der Waals surface area (Å²) in [4.78, 5) is 10.8. The van der Waals surface area contributed by atoms with Gasteiger partial charge < -0.3 is 10.1 Å². The second-order valence-corrected chi connectivity index (χ2v) is 2.69. The molecule has 0 aliphatic carbocycles. The molecular weight excluding hydrogens is 182 g/mol. The smallest absolute Gasteiger partial charge is 0.325 e. The Morgan fingerprint density at radius 1 is 1.50 bits per heavy atom. The van der Waals surface area contributed by atoms with Gasteiger partial charge in [0.15, 0.2) is 0 Å². The number of aryl methyl sites for hydroxylation is 1. The quantitative estimate of drug-likeness (QED) is 0.714. The van der Waals surface area contributed by atoms with Gasteiger partial charge in [0.25, 0.3) is 0 Å². The molecule has 1 aromatic rings. The van der Waals surface area contributed by atoms with Gasteiger partial charge in [0.05, 0.1) is 12.8 Å². The zero-order valence-electron chi connectivity index (χ0n) is 8.28. The third-order valence-corrected chi connectivity index (χ3v) is 1.72. The van der Waals surface area contributed by atoms with E-state index >= 15 is 0 Å². The van der Waals surface area contributed by atoms with E-state index in [0.29, 0.717) is 5.82 Å². The SMILES string of the molecule is CCc1ccc(NCC(=O)OC)nn1. The van der Waals surface area contributed by atoms with Crippen molar-refractivity contribution >= 4 is 11.8 Å². The topological polar surface area (TPSA) is 64.1 Å². The maximum absolute atomic E-state index is 10.8. The van der Waals surface area contributed by atoms with Gasteiger partial charge in [-0.15, -0.1) is 5.10 Å². The van der Waals surface area contributed by atoms with Crippen LogP contribution in [0.15, 0.2) is 12.1 Å². The second kappa shape index (κ2) is 5.16. The number of aromatic nitrogens is 2. The minimum Gasteiger partial charge on any atom is -0.468 e. The zero-order valence-corrected chi connectivity index (χ0v) is 8.28. The van der Waals surface area contributed by atoms with Gasteiger partial charge in [-0.25, -0.2) is 0 Å². The molecule has 0 amide bonds. The zero-order chi connectivity index (χ0) is 10.4. The number of hydrogen-bond donors (Lipinski definition) is 1. The van der Waals surface area contributed by atoms with E-state index in [1.54, 1.807) is 6.07 Å². The third kappa shape index (κ3) is 3.01. The number of anilines is 1. The van der Waals surface area contributed by atoms with Crippen molar-refractivity contribution in [2.24, 2.45) is 0 Å². The normalized spacial score (nSPS) is 9.57. The van der Waals surface area contributed by atoms with Crippen molar-refractivity contribution in [3.63, 3.8) is 0 Å². The minimum atomic E-state index is -0.327. The van der Waals surface area contributed by atoms with Gasteiger partial charge >= 0.3 is 5.97 Å². The van der Waals surface area contributed by atoms with Crippen molar-refractivity contribution in [1.82, 2.24) is 10.2 Å². The molecule has 0 fully saturated rings. The fourth-order valence-corrected chi connectivity index (χ4v) is 0.878. The van der Waals surface area contributed by atoms with Crippen LogP contribution in [0.3, 0.4) is 0 Å². The summed E-state index contributed by atoms with van der Waals surface area (Å²) < 4.78 is 4.47. The van der Waals surface area contributed by atoms with Crippen molar-refractivity contribution in [3.8, 4) is 0 Å². The van der Waals surface area contributed by atoms with Crippen LogP contribution in [0.2, 0.25) is 0 Å². The molecule has 14 heavy (non-hydrogen) atoms. The van der Waals surface area contributed by atoms with E-state index in [2.05, 4.69) is 20.3 Å². The first-order valence-electron chi connectivity index (χ1n) is 4.39. The van der Waals surface area contributed by atoms with Crippen molar-refractivity contribution in [2.75, 3.05) is 19.0 Å². The molecule has 1 aromatic heterocycles. The lowest BCUT2D eigenvalue weighted by Gasteiger charge is -2.03. The number of hydrogen-bond acceptors (Lipinski definition) is 5. The van der Waals surface area contributed by atoms with Gasteiger partial charge in [-0.1, -0.05) is 6.92 Å². The van der Waals surface area contributed by atoms with Crippen molar-refractivity contribution in [1.29, 1.82) is 0 Å². The Hall–Kier alpha value is -1.65. The summed E-state index contributed by atoms with van der Waals surface area (Å²) in [5.74, 6) is 0.249. The highest BCUT2D eigenvalue weighted by atomic mass is 16.5. The molecule has 0 aliphatic heterocycles. The number of ether oxygens (including phenoxy) is 1. The molecule has 5 nitrogen and oxygen atoms in total. The summed E-state index contributed by atoms with van der Waals surface area (Å²) in [6.45, 7) is 2.11. The van der Waals surface area contributed by atoms with Crippen LogP contribution in [0.25, 0.3) is 0 Å². The number of methoxy groups -OCH3 is 1. The average molecular weight is 195 g/mol. The molecule has 0 saturated carbocycles. The van der Waals surface area contributed by atoms with E-state index in [-0.39, 0.29) is 12.5 Å². The molecule has 0 atom stereocenters. The van der Waals surface area contributed by atoms with Crippen LogP contribution in [0, 0.1) is 0 Å². The Morgan fingerprint density at radius 3 is 2.79 bits per heavy atom. The third-order valence-electron chi connectivity index (χ3n) is 1.72. The fourth-order valence-electron chi connectivity index (χ4n) is 0.878. The van der Waals surface area contributed by atoms with Crippen LogP contribution in [-0.4, -0.2) is 29.8 Å². The number of rotatable bonds is 4. The number of nitrogens with one attached hydrogen (secondary N) is 1. The van der Waals surface area contributed by atoms with Crippen molar-refractivity contribution in [3.05, 3.63) is 17.8 Å². The highest BCUT2D eigenvalue weighted by Crippen LogP contribution is 2.01. The van der Waals surface area contributed by atoms with Crippen LogP contribution < -0.4 is 5.32 Å². The average Bonchev–Trinajstić information content (AvgIpc) is 2.26. The second-order valence-electron chi connectivity index (χ2n) is 2.69. The van der Waals surface area contributed by atoms with Crippen LogP contribution in [0.5, 0.6) is 0 Å². The predicted molar refractivity (Wildman–Crippen MR) is 51.9 cm³/mol. The Bertz CT molecular complexity index is 297. The van der Waals surface area contributed by atoms with Gasteiger partial charge in [-0.05, 0) is 18.6 Å². The molecule has 0 radical (unpaired) electrons. The molecule has 5 heteroatoms. The number of carbonyl (C=O) groups excluding carboxylic acids is 1. The Morgan fingerprint density at radius 2 is 2.29 bits per heavy atom. The number of nitrogens with zero attached hydrogens (tertiary/aromatic N) is 2. The molecule has 1 N–H and O–H groups in total. The summed E-state index contributed by atoms with van der Waals surface area (Å²) in [7, 11) is 1.34. The van der Waals surface area contributed by atoms with Gasteiger partial charge in [0.2, 0.25) is 0 Å². The van der Waals surface area contributed by atoms with E-state index in [9.17, 15) is 4.79 Å². The van der Waals surface area contributed by atoms with Crippen LogP contribution in [0.1, 0.15) is 12.6 Å². The number of esters is 1. The summed E-state index contributed by atoms with van der Waals surface area (Å²) in [6.07, 6.45) is 0.851. The van der Waals surface area contributed by atoms with Gasteiger partial charge in [0.1, 0.15) is 12.4 Å². The lowest BCUT2D eigenvalue weighted by Crippen LogP contribution is -2.16. The molecule has 0 spiro atoms. The largest absolute Gasteiger partial charge is 0.468 e. The first-order chi connectivity index (χ1) is 6.76. The van der Waals surface area contributed by atoms with Crippen LogP contribution >= 0.6 is 0 Å². The maximum atomic E-state index is 10.8. The van der Waals surface area contributed by atoms with Crippen LogP contribution in [-0.2, 0) is 16.0 Å². The van der Waals surface area contributed by atoms with E-state index < -0.39 is 0 Å². The lowest BCUT2D eigenvalue weighted by molar-refractivity contribution is -0.138. The molecular formula is C9H13N3O2. The highest BCUT2D eigenvalue weighted by Gasteiger charge is 2.00.